The summed E-state index contributed by atoms with van der Waals surface area (Å²) >= 11 is 1.62. The summed E-state index contributed by atoms with van der Waals surface area (Å²) in [6.45, 7) is 1.55. The Morgan fingerprint density at radius 1 is 1.15 bits per heavy atom. The Kier molecular flexibility index (Phi) is 5.25. The van der Waals surface area contributed by atoms with Crippen molar-refractivity contribution < 1.29 is 4.79 Å². The van der Waals surface area contributed by atoms with Gasteiger partial charge in [-0.2, -0.15) is 0 Å². The van der Waals surface area contributed by atoms with E-state index in [1.165, 1.54) is 35.3 Å². The van der Waals surface area contributed by atoms with Crippen LogP contribution in [-0.2, 0) is 24.2 Å². The van der Waals surface area contributed by atoms with Crippen LogP contribution >= 0.6 is 11.8 Å². The first-order valence-electron chi connectivity index (χ1n) is 9.21. The van der Waals surface area contributed by atoms with Gasteiger partial charge in [0.25, 0.3) is 0 Å². The van der Waals surface area contributed by atoms with Crippen LogP contribution in [0.4, 0.5) is 0 Å². The number of benzene rings is 2. The molecule has 4 rings (SSSR count). The summed E-state index contributed by atoms with van der Waals surface area (Å²) in [7, 11) is 0. The molecule has 1 amide bonds. The minimum Gasteiger partial charge on any atom is -0.355 e. The maximum absolute atomic E-state index is 12.1. The van der Waals surface area contributed by atoms with E-state index < -0.39 is 0 Å². The number of rotatable bonds is 7. The molecule has 3 aromatic rings. The van der Waals surface area contributed by atoms with Crippen molar-refractivity contribution in [3.05, 3.63) is 59.9 Å². The molecule has 26 heavy (non-hydrogen) atoms. The summed E-state index contributed by atoms with van der Waals surface area (Å²) in [4.78, 5) is 17.7. The number of nitrogens with one attached hydrogen (secondary N) is 1. The molecule has 0 saturated carbocycles. The van der Waals surface area contributed by atoms with Gasteiger partial charge >= 0.3 is 0 Å². The van der Waals surface area contributed by atoms with Gasteiger partial charge < -0.3 is 9.88 Å². The second-order valence-electron chi connectivity index (χ2n) is 6.70. The molecular weight excluding hydrogens is 342 g/mol. The highest BCUT2D eigenvalue weighted by Crippen LogP contribution is 2.27. The number of fused-ring (bicyclic) bond motifs is 2. The zero-order valence-electron chi connectivity index (χ0n) is 14.8. The number of carbonyl (C=O) groups is 1. The number of para-hydroxylation sites is 2. The number of nitrogens with zero attached hydrogens (tertiary/aromatic N) is 2. The van der Waals surface area contributed by atoms with Crippen molar-refractivity contribution in [1.82, 2.24) is 14.9 Å². The average molecular weight is 366 g/mol. The highest BCUT2D eigenvalue weighted by atomic mass is 32.2. The minimum atomic E-state index is 0.103. The van der Waals surface area contributed by atoms with E-state index >= 15 is 0 Å². The Morgan fingerprint density at radius 2 is 2.04 bits per heavy atom. The number of imidazole rings is 1. The Labute approximate surface area is 158 Å². The lowest BCUT2D eigenvalue weighted by atomic mass is 10.1. The number of hydrogen-bond donors (Lipinski definition) is 1. The number of aromatic nitrogens is 2. The quantitative estimate of drug-likeness (QED) is 0.511. The van der Waals surface area contributed by atoms with Crippen LogP contribution in [0.15, 0.2) is 53.7 Å². The molecule has 1 aromatic heterocycles. The fourth-order valence-electron chi connectivity index (χ4n) is 3.50. The molecule has 1 aliphatic rings. The molecule has 2 aromatic carbocycles. The Morgan fingerprint density at radius 3 is 3.00 bits per heavy atom. The minimum absolute atomic E-state index is 0.103. The third-order valence-corrected chi connectivity index (χ3v) is 5.86. The molecule has 0 unspecified atom stereocenters. The molecule has 0 atom stereocenters. The standard InChI is InChI=1S/C21H23N3OS/c25-21(14-26-18-10-9-16-5-3-6-17(16)13-18)22-11-4-12-24-15-23-19-7-1-2-8-20(19)24/h1-2,7-10,13,15H,3-6,11-12,14H2,(H,22,25). The van der Waals surface area contributed by atoms with Crippen molar-refractivity contribution in [2.45, 2.75) is 37.1 Å². The predicted molar refractivity (Wildman–Crippen MR) is 107 cm³/mol. The molecule has 0 bridgehead atoms. The summed E-state index contributed by atoms with van der Waals surface area (Å²) < 4.78 is 2.14. The molecule has 1 heterocycles. The fourth-order valence-corrected chi connectivity index (χ4v) is 4.29. The van der Waals surface area contributed by atoms with Crippen LogP contribution < -0.4 is 5.32 Å². The number of amides is 1. The van der Waals surface area contributed by atoms with Gasteiger partial charge in [0.2, 0.25) is 5.91 Å². The van der Waals surface area contributed by atoms with Crippen LogP contribution in [0.1, 0.15) is 24.0 Å². The molecule has 0 spiro atoms. The van der Waals surface area contributed by atoms with Crippen LogP contribution in [0.25, 0.3) is 11.0 Å². The molecule has 134 valence electrons. The van der Waals surface area contributed by atoms with Crippen molar-refractivity contribution in [1.29, 1.82) is 0 Å². The van der Waals surface area contributed by atoms with Crippen LogP contribution in [0.2, 0.25) is 0 Å². The van der Waals surface area contributed by atoms with Crippen molar-refractivity contribution in [3.63, 3.8) is 0 Å². The van der Waals surface area contributed by atoms with Gasteiger partial charge in [-0.1, -0.05) is 18.2 Å². The molecule has 4 nitrogen and oxygen atoms in total. The van der Waals surface area contributed by atoms with E-state index in [9.17, 15) is 4.79 Å². The van der Waals surface area contributed by atoms with E-state index in [2.05, 4.69) is 39.1 Å². The van der Waals surface area contributed by atoms with E-state index in [4.69, 9.17) is 0 Å². The van der Waals surface area contributed by atoms with Crippen LogP contribution in [0.3, 0.4) is 0 Å². The monoisotopic (exact) mass is 365 g/mol. The molecule has 5 heteroatoms. The van der Waals surface area contributed by atoms with Gasteiger partial charge in [0.15, 0.2) is 0 Å². The first kappa shape index (κ1) is 17.2. The normalized spacial score (nSPS) is 13.1. The van der Waals surface area contributed by atoms with Gasteiger partial charge in [-0.3, -0.25) is 4.79 Å². The van der Waals surface area contributed by atoms with Crippen molar-refractivity contribution in [3.8, 4) is 0 Å². The number of aryl methyl sites for hydroxylation is 3. The number of hydrogen-bond acceptors (Lipinski definition) is 3. The first-order chi connectivity index (χ1) is 12.8. The Hall–Kier alpha value is -2.27. The van der Waals surface area contributed by atoms with E-state index in [-0.39, 0.29) is 5.91 Å². The molecule has 1 N–H and O–H groups in total. The maximum Gasteiger partial charge on any atom is 0.230 e. The highest BCUT2D eigenvalue weighted by Gasteiger charge is 2.11. The van der Waals surface area contributed by atoms with E-state index in [1.807, 2.05) is 24.5 Å². The topological polar surface area (TPSA) is 46.9 Å². The third kappa shape index (κ3) is 3.93. The average Bonchev–Trinajstić information content (AvgIpc) is 3.30. The van der Waals surface area contributed by atoms with Crippen LogP contribution in [0, 0.1) is 0 Å². The molecule has 0 fully saturated rings. The Balaban J connectivity index is 1.20. The lowest BCUT2D eigenvalue weighted by Crippen LogP contribution is -2.26. The summed E-state index contributed by atoms with van der Waals surface area (Å²) in [5.41, 5.74) is 5.10. The van der Waals surface area contributed by atoms with Gasteiger partial charge in [0.05, 0.1) is 23.1 Å². The second kappa shape index (κ2) is 7.96. The highest BCUT2D eigenvalue weighted by molar-refractivity contribution is 8.00. The van der Waals surface area contributed by atoms with Gasteiger partial charge in [0.1, 0.15) is 0 Å². The van der Waals surface area contributed by atoms with Crippen LogP contribution in [-0.4, -0.2) is 27.8 Å². The SMILES string of the molecule is O=C(CSc1ccc2c(c1)CCC2)NCCCn1cnc2ccccc21. The van der Waals surface area contributed by atoms with E-state index in [0.29, 0.717) is 12.3 Å². The molecule has 0 aliphatic heterocycles. The summed E-state index contributed by atoms with van der Waals surface area (Å²) in [5, 5.41) is 3.02. The lowest BCUT2D eigenvalue weighted by Gasteiger charge is -2.07. The number of carbonyl (C=O) groups excluding carboxylic acids is 1. The summed E-state index contributed by atoms with van der Waals surface area (Å²) in [6, 6.07) is 14.7. The van der Waals surface area contributed by atoms with E-state index in [0.717, 1.165) is 24.0 Å². The molecule has 0 saturated heterocycles. The summed E-state index contributed by atoms with van der Waals surface area (Å²) in [6.07, 6.45) is 6.41. The molecule has 0 radical (unpaired) electrons. The van der Waals surface area contributed by atoms with Gasteiger partial charge in [0, 0.05) is 18.0 Å². The summed E-state index contributed by atoms with van der Waals surface area (Å²) in [5.74, 6) is 0.582. The van der Waals surface area contributed by atoms with Gasteiger partial charge in [-0.15, -0.1) is 11.8 Å². The number of thioether (sulfide) groups is 1. The lowest BCUT2D eigenvalue weighted by molar-refractivity contribution is -0.118. The zero-order chi connectivity index (χ0) is 17.8. The second-order valence-corrected chi connectivity index (χ2v) is 7.75. The fraction of sp³-hybridized carbons (Fsp3) is 0.333. The van der Waals surface area contributed by atoms with E-state index in [1.54, 1.807) is 11.8 Å². The zero-order valence-corrected chi connectivity index (χ0v) is 15.6. The Bertz CT molecular complexity index is 919. The van der Waals surface area contributed by atoms with Crippen LogP contribution in [0.5, 0.6) is 0 Å². The largest absolute Gasteiger partial charge is 0.355 e. The molecular formula is C21H23N3OS. The third-order valence-electron chi connectivity index (χ3n) is 4.87. The first-order valence-corrected chi connectivity index (χ1v) is 10.2. The van der Waals surface area contributed by atoms with Crippen molar-refractivity contribution in [2.75, 3.05) is 12.3 Å². The predicted octanol–water partition coefficient (Wildman–Crippen LogP) is 3.82. The smallest absolute Gasteiger partial charge is 0.230 e. The molecule has 1 aliphatic carbocycles. The van der Waals surface area contributed by atoms with Gasteiger partial charge in [-0.05, 0) is 61.1 Å². The van der Waals surface area contributed by atoms with Gasteiger partial charge in [-0.25, -0.2) is 4.98 Å². The van der Waals surface area contributed by atoms with Crippen molar-refractivity contribution in [2.24, 2.45) is 0 Å². The maximum atomic E-state index is 12.1. The van der Waals surface area contributed by atoms with Crippen molar-refractivity contribution >= 4 is 28.7 Å².